The van der Waals surface area contributed by atoms with Gasteiger partial charge in [-0.15, -0.1) is 0 Å². The van der Waals surface area contributed by atoms with Gasteiger partial charge in [0.15, 0.2) is 0 Å². The van der Waals surface area contributed by atoms with E-state index in [0.29, 0.717) is 50.7 Å². The molecule has 109 heavy (non-hydrogen) atoms. The Morgan fingerprint density at radius 1 is 0.670 bits per heavy atom. The molecule has 1 spiro atoms. The molecule has 0 aromatic heterocycles. The van der Waals surface area contributed by atoms with Crippen LogP contribution < -0.4 is 16.0 Å². The van der Waals surface area contributed by atoms with Gasteiger partial charge in [-0.05, 0) is 131 Å². The van der Waals surface area contributed by atoms with Crippen LogP contribution in [0.5, 0.6) is 0 Å². The molecule has 2 saturated carbocycles. The highest BCUT2D eigenvalue weighted by molar-refractivity contribution is 6.01. The van der Waals surface area contributed by atoms with Crippen molar-refractivity contribution in [3.8, 4) is 0 Å². The summed E-state index contributed by atoms with van der Waals surface area (Å²) in [6.07, 6.45) is -7.44. The predicted molar refractivity (Wildman–Crippen MR) is 383 cm³/mol. The van der Waals surface area contributed by atoms with Crippen LogP contribution in [-0.2, 0) is 87.5 Å². The molecule has 12 amide bonds. The average molecular weight is 1550 g/mol. The fourth-order valence-corrected chi connectivity index (χ4v) is 15.2. The van der Waals surface area contributed by atoms with Gasteiger partial charge in [0.25, 0.3) is 0 Å². The number of amides is 12. The van der Waals surface area contributed by atoms with Crippen molar-refractivity contribution in [3.05, 3.63) is 82.4 Å². The Balaban J connectivity index is 1.36. The van der Waals surface area contributed by atoms with Gasteiger partial charge in [-0.3, -0.25) is 57.5 Å². The summed E-state index contributed by atoms with van der Waals surface area (Å²) in [7, 11) is 9.32. The third-order valence-electron chi connectivity index (χ3n) is 22.1. The van der Waals surface area contributed by atoms with Crippen LogP contribution in [0.15, 0.2) is 48.6 Å². The monoisotopic (exact) mass is 1550 g/mol. The van der Waals surface area contributed by atoms with Crippen LogP contribution in [0.25, 0.3) is 0 Å². The lowest BCUT2D eigenvalue weighted by molar-refractivity contribution is -0.158. The molecule has 7 rings (SSSR count). The maximum absolute atomic E-state index is 15.6. The number of carbonyl (C=O) groups excluding carboxylic acids is 12. The number of carbonyl (C=O) groups is 12. The second-order valence-corrected chi connectivity index (χ2v) is 30.1. The summed E-state index contributed by atoms with van der Waals surface area (Å²) < 4.78 is 120. The van der Waals surface area contributed by atoms with Crippen LogP contribution in [-0.4, -0.2) is 264 Å². The zero-order chi connectivity index (χ0) is 81.1. The quantitative estimate of drug-likeness (QED) is 0.142. The second kappa shape index (κ2) is 37.3. The van der Waals surface area contributed by atoms with Gasteiger partial charge >= 0.3 is 12.4 Å². The summed E-state index contributed by atoms with van der Waals surface area (Å²) in [6.45, 7) is 8.35. The van der Waals surface area contributed by atoms with Crippen molar-refractivity contribution in [3.63, 3.8) is 0 Å². The molecule has 2 aromatic carbocycles. The number of ether oxygens (including phenoxy) is 1. The van der Waals surface area contributed by atoms with Crippen LogP contribution in [0, 0.1) is 29.4 Å². The van der Waals surface area contributed by atoms with Gasteiger partial charge in [0, 0.05) is 88.4 Å². The van der Waals surface area contributed by atoms with E-state index in [0.717, 1.165) is 65.6 Å². The van der Waals surface area contributed by atoms with Crippen molar-refractivity contribution in [1.29, 1.82) is 0 Å². The topological polar surface area (TPSA) is 279 Å². The molecule has 5 aliphatic rings. The number of fused-ring (bicyclic) bond motifs is 3. The molecule has 3 N–H and O–H groups in total. The van der Waals surface area contributed by atoms with Crippen LogP contribution >= 0.6 is 0 Å². The van der Waals surface area contributed by atoms with E-state index in [1.807, 2.05) is 0 Å². The molecule has 3 aliphatic heterocycles. The number of hydrogen-bond donors (Lipinski definition) is 3. The highest BCUT2D eigenvalue weighted by Crippen LogP contribution is 2.40. The summed E-state index contributed by atoms with van der Waals surface area (Å²) in [6, 6.07) is -7.31. The number of benzene rings is 2. The molecule has 3 heterocycles. The maximum atomic E-state index is 15.6. The zero-order valence-corrected chi connectivity index (χ0v) is 64.5. The highest BCUT2D eigenvalue weighted by atomic mass is 19.4. The zero-order valence-electron chi connectivity index (χ0n) is 64.5. The Labute approximate surface area is 631 Å². The van der Waals surface area contributed by atoms with Crippen molar-refractivity contribution < 1.29 is 97.4 Å². The molecule has 25 nitrogen and oxygen atoms in total. The van der Waals surface area contributed by atoms with Gasteiger partial charge in [0.1, 0.15) is 71.1 Å². The second-order valence-electron chi connectivity index (χ2n) is 30.1. The number of aryl methyl sites for hydroxylation is 1. The third-order valence-corrected chi connectivity index (χ3v) is 22.1. The first-order valence-electron chi connectivity index (χ1n) is 37.4. The van der Waals surface area contributed by atoms with E-state index in [1.165, 1.54) is 52.1 Å². The van der Waals surface area contributed by atoms with Crippen molar-refractivity contribution in [2.45, 2.75) is 217 Å². The number of likely N-dealkylation sites (N-methyl/N-ethyl adjacent to an activating group) is 7. The molecule has 4 fully saturated rings. The fraction of sp³-hybridized carbons (Fsp3) is 0.658. The minimum Gasteiger partial charge on any atom is -0.377 e. The minimum absolute atomic E-state index is 0.0346. The summed E-state index contributed by atoms with van der Waals surface area (Å²) in [5, 5.41) is 8.28. The standard InChI is InChI=1S/C76H106F8N12O13/c1-14-45(6)63-71(106)90(9)43-61(99)91(10)54-25-18-17-21-34-95(70(54)105)58(38-46-26-29-49(30-27-46)75(79,80)81)69(104)89(8)42-59(97)85-53(31-28-47-36-51(77)62(52(78)37-47)76(82,83)84)67(102)96-41-50(109-16-3)39-56(96)66(101)87-74(32-22-33-74)73(108)94(13)64(48-23-19-20-24-48)72(107)93(12)57(68(103)88(7)15-2)40-60(98)92(11)55(35-44(4)5)65(100)86-63/h17-18,26-27,29-30,36-37,44-45,48,50,53-58,63-64H,14-16,19-25,28,31-35,38-43H2,1-13H3,(H,85,97)(H,86,100)(H,87,101)/b18-17-/t45-,50+,53-,54-,55-,56-,57-,58-,63-,64-/m0/s1. The maximum Gasteiger partial charge on any atom is 0.422 e. The molecule has 0 radical (unpaired) electrons. The smallest absolute Gasteiger partial charge is 0.377 e. The summed E-state index contributed by atoms with van der Waals surface area (Å²) in [5.74, 6) is -15.3. The molecule has 2 saturated heterocycles. The van der Waals surface area contributed by atoms with E-state index >= 15 is 37.5 Å². The van der Waals surface area contributed by atoms with Gasteiger partial charge < -0.3 is 64.8 Å². The molecule has 33 heteroatoms. The first-order valence-corrected chi connectivity index (χ1v) is 37.4. The highest BCUT2D eigenvalue weighted by Gasteiger charge is 2.54. The van der Waals surface area contributed by atoms with Crippen LogP contribution in [0.4, 0.5) is 35.1 Å². The van der Waals surface area contributed by atoms with Gasteiger partial charge in [0.05, 0.1) is 31.2 Å². The third kappa shape index (κ3) is 21.0. The first-order chi connectivity index (χ1) is 51.1. The van der Waals surface area contributed by atoms with E-state index in [4.69, 9.17) is 4.74 Å². The van der Waals surface area contributed by atoms with Gasteiger partial charge in [-0.2, -0.15) is 26.3 Å². The number of halogens is 8. The first kappa shape index (κ1) is 87.4. The Hall–Kier alpha value is -8.78. The number of nitrogens with zero attached hydrogens (tertiary/aromatic N) is 9. The Bertz CT molecular complexity index is 3660. The van der Waals surface area contributed by atoms with Crippen molar-refractivity contribution in [2.24, 2.45) is 17.8 Å². The average Bonchev–Trinajstić information content (AvgIpc) is 1.69. The summed E-state index contributed by atoms with van der Waals surface area (Å²) in [4.78, 5) is 191. The Morgan fingerprint density at radius 3 is 1.85 bits per heavy atom. The lowest BCUT2D eigenvalue weighted by atomic mass is 9.74. The van der Waals surface area contributed by atoms with E-state index in [9.17, 15) is 55.1 Å². The SMILES string of the molecule is CCO[C@@H]1C[C@H]2C(=O)NC3(CCC3)C(=O)N(C)[C@@H](C3CCCC3)C(=O)N(C)[C@H](C(=O)N(C)CC)CC(=O)N(C)[C@@H](CC(C)C)C(=O)N[C@@H]([C@@H](C)CC)C(=O)N(C)CC(=O)N(C)[C@H]3C/C=C\CCN(C3=O)[C@@H](Cc3ccc(C(F)(F)F)cc3)C(=O)N(C)CC(=O)N[C@@H](CCc3cc(F)c(C(F)(F)F)c(F)c3)C(=O)N2C1. The molecule has 2 aromatic rings. The predicted octanol–water partition coefficient (Wildman–Crippen LogP) is 6.13. The van der Waals surface area contributed by atoms with Crippen molar-refractivity contribution in [1.82, 2.24) is 60.0 Å². The summed E-state index contributed by atoms with van der Waals surface area (Å²) >= 11 is 0. The van der Waals surface area contributed by atoms with E-state index in [1.54, 1.807) is 53.7 Å². The van der Waals surface area contributed by atoms with Crippen molar-refractivity contribution >= 4 is 70.9 Å². The van der Waals surface area contributed by atoms with E-state index in [2.05, 4.69) is 16.0 Å². The number of rotatable bonds is 14. The normalized spacial score (nSPS) is 26.0. The van der Waals surface area contributed by atoms with Gasteiger partial charge in [-0.25, -0.2) is 8.78 Å². The Kier molecular flexibility index (Phi) is 29.9. The van der Waals surface area contributed by atoms with Gasteiger partial charge in [-0.1, -0.05) is 71.2 Å². The van der Waals surface area contributed by atoms with Gasteiger partial charge in [0.2, 0.25) is 70.9 Å². The molecular formula is C76H106F8N12O13. The minimum atomic E-state index is -5.46. The Morgan fingerprint density at radius 2 is 1.29 bits per heavy atom. The largest absolute Gasteiger partial charge is 0.422 e. The molecule has 2 aliphatic carbocycles. The molecule has 2 bridgehead atoms. The number of hydrogen-bond acceptors (Lipinski definition) is 13. The molecule has 10 atom stereocenters. The summed E-state index contributed by atoms with van der Waals surface area (Å²) in [5.41, 5.74) is -5.25. The van der Waals surface area contributed by atoms with E-state index < -0.39 is 222 Å². The molecule has 0 unspecified atom stereocenters. The number of alkyl halides is 6. The van der Waals surface area contributed by atoms with E-state index in [-0.39, 0.29) is 76.2 Å². The molecular weight excluding hydrogens is 1440 g/mol. The lowest BCUT2D eigenvalue weighted by Crippen LogP contribution is -2.68. The van der Waals surface area contributed by atoms with Crippen LogP contribution in [0.1, 0.15) is 154 Å². The van der Waals surface area contributed by atoms with Crippen molar-refractivity contribution in [2.75, 3.05) is 88.7 Å². The number of nitrogens with one attached hydrogen (secondary N) is 3. The lowest BCUT2D eigenvalue weighted by Gasteiger charge is -2.46. The van der Waals surface area contributed by atoms with Crippen LogP contribution in [0.3, 0.4) is 0 Å². The fourth-order valence-electron chi connectivity index (χ4n) is 15.2. The van der Waals surface area contributed by atoms with Crippen LogP contribution in [0.2, 0.25) is 0 Å². The molecule has 604 valence electrons.